The zero-order valence-electron chi connectivity index (χ0n) is 12.7. The second kappa shape index (κ2) is 6.37. The van der Waals surface area contributed by atoms with Gasteiger partial charge in [-0.25, -0.2) is 0 Å². The van der Waals surface area contributed by atoms with Crippen molar-refractivity contribution in [3.05, 3.63) is 52.4 Å². The molecule has 1 fully saturated rings. The number of hydrogen-bond donors (Lipinski definition) is 2. The van der Waals surface area contributed by atoms with Gasteiger partial charge in [0.25, 0.3) is 5.91 Å². The summed E-state index contributed by atoms with van der Waals surface area (Å²) in [6.45, 7) is 0.105. The fourth-order valence-electron chi connectivity index (χ4n) is 2.63. The van der Waals surface area contributed by atoms with Crippen LogP contribution in [0.3, 0.4) is 0 Å². The van der Waals surface area contributed by atoms with Gasteiger partial charge in [0.1, 0.15) is 17.1 Å². The Morgan fingerprint density at radius 3 is 2.87 bits per heavy atom. The van der Waals surface area contributed by atoms with Crippen LogP contribution < -0.4 is 10.1 Å². The maximum atomic E-state index is 12.5. The molecule has 122 valence electrons. The van der Waals surface area contributed by atoms with E-state index >= 15 is 0 Å². The predicted molar refractivity (Wildman–Crippen MR) is 88.4 cm³/mol. The molecule has 0 bridgehead atoms. The Morgan fingerprint density at radius 1 is 1.48 bits per heavy atom. The van der Waals surface area contributed by atoms with Crippen molar-refractivity contribution in [2.24, 2.45) is 5.92 Å². The number of amides is 1. The average Bonchev–Trinajstić information content (AvgIpc) is 3.28. The lowest BCUT2D eigenvalue weighted by Crippen LogP contribution is -2.42. The van der Waals surface area contributed by atoms with Gasteiger partial charge >= 0.3 is 0 Å². The van der Waals surface area contributed by atoms with Gasteiger partial charge in [-0.15, -0.1) is 0 Å². The zero-order valence-corrected chi connectivity index (χ0v) is 14.3. The molecule has 6 heteroatoms. The van der Waals surface area contributed by atoms with Crippen molar-refractivity contribution in [3.8, 4) is 5.75 Å². The molecule has 1 atom stereocenters. The number of carbonyl (C=O) groups is 1. The molecule has 1 aliphatic rings. The van der Waals surface area contributed by atoms with Crippen molar-refractivity contribution in [2.75, 3.05) is 13.7 Å². The van der Waals surface area contributed by atoms with Crippen molar-refractivity contribution in [1.82, 2.24) is 5.32 Å². The zero-order chi connectivity index (χ0) is 16.4. The number of halogens is 1. The van der Waals surface area contributed by atoms with E-state index in [1.54, 1.807) is 37.4 Å². The summed E-state index contributed by atoms with van der Waals surface area (Å²) in [5.41, 5.74) is -0.702. The highest BCUT2D eigenvalue weighted by atomic mass is 79.9. The summed E-state index contributed by atoms with van der Waals surface area (Å²) in [6, 6.07) is 8.66. The van der Waals surface area contributed by atoms with Crippen LogP contribution >= 0.6 is 15.9 Å². The van der Waals surface area contributed by atoms with Crippen LogP contribution in [0.1, 0.15) is 29.0 Å². The Labute approximate surface area is 142 Å². The van der Waals surface area contributed by atoms with Crippen LogP contribution in [-0.2, 0) is 5.60 Å². The van der Waals surface area contributed by atoms with Crippen molar-refractivity contribution >= 4 is 21.8 Å². The molecule has 1 aliphatic carbocycles. The number of aliphatic hydroxyl groups is 1. The molecule has 0 unspecified atom stereocenters. The third-order valence-corrected chi connectivity index (χ3v) is 4.83. The Hall–Kier alpha value is -1.79. The smallest absolute Gasteiger partial charge is 0.252 e. The molecular weight excluding hydrogens is 362 g/mol. The summed E-state index contributed by atoms with van der Waals surface area (Å²) in [5, 5.41) is 13.7. The SMILES string of the molecule is COc1ccc(Br)c(C(=O)NC[C@@](O)(c2ccco2)C2CC2)c1. The van der Waals surface area contributed by atoms with Gasteiger partial charge in [-0.3, -0.25) is 4.79 Å². The topological polar surface area (TPSA) is 71.7 Å². The summed E-state index contributed by atoms with van der Waals surface area (Å²) in [5.74, 6) is 0.927. The largest absolute Gasteiger partial charge is 0.497 e. The van der Waals surface area contributed by atoms with E-state index in [1.165, 1.54) is 6.26 Å². The second-order valence-corrected chi connectivity index (χ2v) is 6.56. The first-order valence-corrected chi connectivity index (χ1v) is 8.22. The number of ether oxygens (including phenoxy) is 1. The molecule has 0 spiro atoms. The minimum atomic E-state index is -1.16. The minimum Gasteiger partial charge on any atom is -0.497 e. The highest BCUT2D eigenvalue weighted by Gasteiger charge is 2.47. The van der Waals surface area contributed by atoms with Crippen molar-refractivity contribution in [1.29, 1.82) is 0 Å². The number of hydrogen-bond acceptors (Lipinski definition) is 4. The van der Waals surface area contributed by atoms with Crippen LogP contribution in [-0.4, -0.2) is 24.7 Å². The Morgan fingerprint density at radius 2 is 2.26 bits per heavy atom. The summed E-state index contributed by atoms with van der Waals surface area (Å²) < 4.78 is 11.2. The molecule has 2 N–H and O–H groups in total. The summed E-state index contributed by atoms with van der Waals surface area (Å²) in [7, 11) is 1.55. The lowest BCUT2D eigenvalue weighted by molar-refractivity contribution is -0.00611. The van der Waals surface area contributed by atoms with Gasteiger partial charge in [0.05, 0.1) is 25.5 Å². The van der Waals surface area contributed by atoms with Gasteiger partial charge in [0.2, 0.25) is 0 Å². The monoisotopic (exact) mass is 379 g/mol. The normalized spacial score (nSPS) is 16.7. The predicted octanol–water partition coefficient (Wildman–Crippen LogP) is 3.08. The second-order valence-electron chi connectivity index (χ2n) is 5.70. The van der Waals surface area contributed by atoms with Gasteiger partial charge in [0.15, 0.2) is 0 Å². The van der Waals surface area contributed by atoms with E-state index in [0.29, 0.717) is 21.5 Å². The molecule has 2 aromatic rings. The van der Waals surface area contributed by atoms with E-state index in [4.69, 9.17) is 9.15 Å². The molecule has 23 heavy (non-hydrogen) atoms. The molecule has 5 nitrogen and oxygen atoms in total. The van der Waals surface area contributed by atoms with Gasteiger partial charge in [0, 0.05) is 4.47 Å². The van der Waals surface area contributed by atoms with Gasteiger partial charge in [-0.2, -0.15) is 0 Å². The first-order chi connectivity index (χ1) is 11.0. The number of carbonyl (C=O) groups excluding carboxylic acids is 1. The number of furan rings is 1. The quantitative estimate of drug-likeness (QED) is 0.808. The van der Waals surface area contributed by atoms with E-state index in [-0.39, 0.29) is 18.4 Å². The fraction of sp³-hybridized carbons (Fsp3) is 0.353. The van der Waals surface area contributed by atoms with Crippen LogP contribution in [0.15, 0.2) is 45.5 Å². The third kappa shape index (κ3) is 3.28. The van der Waals surface area contributed by atoms with Crippen molar-refractivity contribution in [3.63, 3.8) is 0 Å². The molecule has 3 rings (SSSR count). The highest BCUT2D eigenvalue weighted by Crippen LogP contribution is 2.45. The van der Waals surface area contributed by atoms with E-state index < -0.39 is 5.60 Å². The highest BCUT2D eigenvalue weighted by molar-refractivity contribution is 9.10. The van der Waals surface area contributed by atoms with Gasteiger partial charge < -0.3 is 19.6 Å². The van der Waals surface area contributed by atoms with E-state index in [9.17, 15) is 9.90 Å². The Kier molecular flexibility index (Phi) is 4.46. The summed E-state index contributed by atoms with van der Waals surface area (Å²) in [4.78, 5) is 12.5. The minimum absolute atomic E-state index is 0.105. The third-order valence-electron chi connectivity index (χ3n) is 4.14. The number of benzene rings is 1. The molecular formula is C17H18BrNO4. The van der Waals surface area contributed by atoms with Crippen molar-refractivity contribution in [2.45, 2.75) is 18.4 Å². The van der Waals surface area contributed by atoms with E-state index in [0.717, 1.165) is 12.8 Å². The van der Waals surface area contributed by atoms with Crippen LogP contribution in [0.5, 0.6) is 5.75 Å². The van der Waals surface area contributed by atoms with E-state index in [2.05, 4.69) is 21.2 Å². The molecule has 1 saturated carbocycles. The molecule has 1 heterocycles. The van der Waals surface area contributed by atoms with Crippen LogP contribution in [0.25, 0.3) is 0 Å². The number of nitrogens with one attached hydrogen (secondary N) is 1. The standard InChI is InChI=1S/C17H18BrNO4/c1-22-12-6-7-14(18)13(9-12)16(20)19-10-17(21,11-4-5-11)15-3-2-8-23-15/h2-3,6-9,11,21H,4-5,10H2,1H3,(H,19,20)/t17-/m0/s1. The molecule has 1 amide bonds. The molecule has 0 aliphatic heterocycles. The van der Waals surface area contributed by atoms with Crippen LogP contribution in [0.2, 0.25) is 0 Å². The molecule has 1 aromatic carbocycles. The van der Waals surface area contributed by atoms with Gasteiger partial charge in [-0.05, 0) is 65.0 Å². The van der Waals surface area contributed by atoms with Crippen LogP contribution in [0.4, 0.5) is 0 Å². The maximum absolute atomic E-state index is 12.5. The lowest BCUT2D eigenvalue weighted by Gasteiger charge is -2.26. The van der Waals surface area contributed by atoms with Gasteiger partial charge in [-0.1, -0.05) is 0 Å². The Bertz CT molecular complexity index is 697. The fourth-order valence-corrected chi connectivity index (χ4v) is 3.06. The van der Waals surface area contributed by atoms with Crippen LogP contribution in [0, 0.1) is 5.92 Å². The molecule has 0 saturated heterocycles. The van der Waals surface area contributed by atoms with E-state index in [1.807, 2.05) is 0 Å². The number of rotatable bonds is 6. The lowest BCUT2D eigenvalue weighted by atomic mass is 9.94. The summed E-state index contributed by atoms with van der Waals surface area (Å²) >= 11 is 3.36. The summed E-state index contributed by atoms with van der Waals surface area (Å²) in [6.07, 6.45) is 3.38. The van der Waals surface area contributed by atoms with Crippen molar-refractivity contribution < 1.29 is 19.1 Å². The molecule has 1 aromatic heterocycles. The Balaban J connectivity index is 1.75. The molecule has 0 radical (unpaired) electrons. The first-order valence-electron chi connectivity index (χ1n) is 7.42. The average molecular weight is 380 g/mol. The first kappa shape index (κ1) is 16.1. The number of methoxy groups -OCH3 is 1. The maximum Gasteiger partial charge on any atom is 0.252 e.